The molecule has 1 atom stereocenters. The third kappa shape index (κ3) is 2.34. The second kappa shape index (κ2) is 4.87. The molecule has 0 aliphatic carbocycles. The Bertz CT molecular complexity index is 413. The summed E-state index contributed by atoms with van der Waals surface area (Å²) in [4.78, 5) is 14.3. The number of amides is 1. The molecule has 1 amide bonds. The molecule has 1 fully saturated rings. The number of rotatable bonds is 2. The molecule has 5 heteroatoms. The number of aromatic nitrogens is 2. The van der Waals surface area contributed by atoms with Crippen LogP contribution < -0.4 is 5.32 Å². The molecule has 0 saturated carbocycles. The molecule has 94 valence electrons. The Morgan fingerprint density at radius 3 is 3.00 bits per heavy atom. The summed E-state index contributed by atoms with van der Waals surface area (Å²) in [6, 6.07) is 2.15. The molecule has 0 unspecified atom stereocenters. The summed E-state index contributed by atoms with van der Waals surface area (Å²) in [5, 5.41) is 7.61. The number of carbonyl (C=O) groups is 1. The van der Waals surface area contributed by atoms with E-state index in [0.29, 0.717) is 5.69 Å². The van der Waals surface area contributed by atoms with Gasteiger partial charge in [-0.1, -0.05) is 6.92 Å². The summed E-state index contributed by atoms with van der Waals surface area (Å²) in [5.74, 6) is 0.0914. The molecule has 5 nitrogen and oxygen atoms in total. The van der Waals surface area contributed by atoms with Crippen molar-refractivity contribution in [1.82, 2.24) is 20.0 Å². The average Bonchev–Trinajstić information content (AvgIpc) is 2.70. The predicted molar refractivity (Wildman–Crippen MR) is 66.0 cm³/mol. The normalized spacial score (nSPS) is 20.6. The number of nitrogens with one attached hydrogen (secondary N) is 1. The second-order valence-electron chi connectivity index (χ2n) is 4.55. The van der Waals surface area contributed by atoms with Gasteiger partial charge in [-0.15, -0.1) is 0 Å². The monoisotopic (exact) mass is 236 g/mol. The van der Waals surface area contributed by atoms with Crippen LogP contribution in [0.2, 0.25) is 0 Å². The average molecular weight is 236 g/mol. The van der Waals surface area contributed by atoms with E-state index < -0.39 is 0 Å². The van der Waals surface area contributed by atoms with Gasteiger partial charge in [0.1, 0.15) is 5.69 Å². The van der Waals surface area contributed by atoms with E-state index in [4.69, 9.17) is 0 Å². The molecule has 1 aliphatic heterocycles. The summed E-state index contributed by atoms with van der Waals surface area (Å²) in [6.45, 7) is 6.62. The van der Waals surface area contributed by atoms with Crippen LogP contribution in [0.15, 0.2) is 6.07 Å². The molecule has 1 saturated heterocycles. The van der Waals surface area contributed by atoms with Gasteiger partial charge in [0.2, 0.25) is 0 Å². The molecule has 0 radical (unpaired) electrons. The van der Waals surface area contributed by atoms with Gasteiger partial charge in [0.05, 0.1) is 5.69 Å². The van der Waals surface area contributed by atoms with Crippen molar-refractivity contribution in [3.05, 3.63) is 17.5 Å². The minimum Gasteiger partial charge on any atom is -0.332 e. The first-order chi connectivity index (χ1) is 8.13. The minimum atomic E-state index is 0.0914. The van der Waals surface area contributed by atoms with Gasteiger partial charge in [0.15, 0.2) is 0 Å². The number of hydrogen-bond donors (Lipinski definition) is 1. The van der Waals surface area contributed by atoms with Crippen LogP contribution in [0.1, 0.15) is 30.0 Å². The van der Waals surface area contributed by atoms with Crippen LogP contribution in [0.3, 0.4) is 0 Å². The highest BCUT2D eigenvalue weighted by molar-refractivity contribution is 5.93. The molecular formula is C12H20N4O. The highest BCUT2D eigenvalue weighted by Gasteiger charge is 2.26. The maximum Gasteiger partial charge on any atom is 0.272 e. The van der Waals surface area contributed by atoms with Crippen molar-refractivity contribution in [2.24, 2.45) is 7.05 Å². The van der Waals surface area contributed by atoms with Gasteiger partial charge in [-0.3, -0.25) is 9.48 Å². The Labute approximate surface area is 102 Å². The maximum absolute atomic E-state index is 12.4. The van der Waals surface area contributed by atoms with Crippen LogP contribution in [0, 0.1) is 0 Å². The fraction of sp³-hybridized carbons (Fsp3) is 0.667. The molecule has 1 aromatic heterocycles. The largest absolute Gasteiger partial charge is 0.332 e. The fourth-order valence-corrected chi connectivity index (χ4v) is 2.19. The topological polar surface area (TPSA) is 50.2 Å². The van der Waals surface area contributed by atoms with Crippen LogP contribution in [0.4, 0.5) is 0 Å². The number of hydrogen-bond acceptors (Lipinski definition) is 3. The third-order valence-corrected chi connectivity index (χ3v) is 3.27. The van der Waals surface area contributed by atoms with Crippen molar-refractivity contribution in [3.63, 3.8) is 0 Å². The van der Waals surface area contributed by atoms with E-state index in [-0.39, 0.29) is 11.9 Å². The lowest BCUT2D eigenvalue weighted by Gasteiger charge is -2.33. The number of carbonyl (C=O) groups excluding carboxylic acids is 1. The molecule has 17 heavy (non-hydrogen) atoms. The van der Waals surface area contributed by atoms with E-state index in [1.54, 1.807) is 4.68 Å². The smallest absolute Gasteiger partial charge is 0.272 e. The lowest BCUT2D eigenvalue weighted by Crippen LogP contribution is -2.52. The lowest BCUT2D eigenvalue weighted by molar-refractivity contribution is 0.0644. The van der Waals surface area contributed by atoms with Gasteiger partial charge in [0, 0.05) is 32.7 Å². The first-order valence-corrected chi connectivity index (χ1v) is 6.18. The summed E-state index contributed by atoms with van der Waals surface area (Å²) >= 11 is 0. The molecule has 1 aromatic rings. The van der Waals surface area contributed by atoms with Crippen LogP contribution in [0.25, 0.3) is 0 Å². The van der Waals surface area contributed by atoms with Gasteiger partial charge in [-0.2, -0.15) is 5.10 Å². The zero-order valence-electron chi connectivity index (χ0n) is 10.7. The molecule has 1 N–H and O–H groups in total. The predicted octanol–water partition coefficient (Wildman–Crippen LogP) is 0.416. The van der Waals surface area contributed by atoms with E-state index >= 15 is 0 Å². The Balaban J connectivity index is 2.20. The second-order valence-corrected chi connectivity index (χ2v) is 4.55. The zero-order chi connectivity index (χ0) is 12.4. The molecule has 0 aromatic carbocycles. The van der Waals surface area contributed by atoms with Crippen molar-refractivity contribution in [2.45, 2.75) is 26.3 Å². The van der Waals surface area contributed by atoms with Crippen LogP contribution in [0.5, 0.6) is 0 Å². The number of nitrogens with zero attached hydrogens (tertiary/aromatic N) is 3. The van der Waals surface area contributed by atoms with Gasteiger partial charge in [-0.05, 0) is 19.4 Å². The quantitative estimate of drug-likeness (QED) is 0.809. The van der Waals surface area contributed by atoms with E-state index in [1.165, 1.54) is 0 Å². The molecule has 0 spiro atoms. The van der Waals surface area contributed by atoms with E-state index in [2.05, 4.69) is 17.3 Å². The van der Waals surface area contributed by atoms with Crippen LogP contribution in [-0.2, 0) is 13.5 Å². The van der Waals surface area contributed by atoms with Gasteiger partial charge in [0.25, 0.3) is 5.91 Å². The number of piperazine rings is 1. The van der Waals surface area contributed by atoms with Crippen molar-refractivity contribution >= 4 is 5.91 Å². The molecular weight excluding hydrogens is 216 g/mol. The van der Waals surface area contributed by atoms with Crippen molar-refractivity contribution in [2.75, 3.05) is 19.6 Å². The van der Waals surface area contributed by atoms with Crippen molar-refractivity contribution in [3.8, 4) is 0 Å². The molecule has 2 heterocycles. The third-order valence-electron chi connectivity index (χ3n) is 3.27. The SMILES string of the molecule is CCc1cc(C(=O)N2CCNC[C@H]2C)n(C)n1. The summed E-state index contributed by atoms with van der Waals surface area (Å²) in [5.41, 5.74) is 1.66. The maximum atomic E-state index is 12.4. The zero-order valence-corrected chi connectivity index (χ0v) is 10.7. The minimum absolute atomic E-state index is 0.0914. The summed E-state index contributed by atoms with van der Waals surface area (Å²) in [7, 11) is 1.83. The standard InChI is InChI=1S/C12H20N4O/c1-4-10-7-11(15(3)14-10)12(17)16-6-5-13-8-9(16)2/h7,9,13H,4-6,8H2,1-3H3/t9-/m1/s1. The molecule has 1 aliphatic rings. The van der Waals surface area contributed by atoms with Gasteiger partial charge >= 0.3 is 0 Å². The van der Waals surface area contributed by atoms with Crippen LogP contribution in [-0.4, -0.2) is 46.3 Å². The number of aryl methyl sites for hydroxylation is 2. The Hall–Kier alpha value is -1.36. The van der Waals surface area contributed by atoms with E-state index in [1.807, 2.05) is 24.9 Å². The van der Waals surface area contributed by atoms with Gasteiger partial charge < -0.3 is 10.2 Å². The van der Waals surface area contributed by atoms with Gasteiger partial charge in [-0.25, -0.2) is 0 Å². The van der Waals surface area contributed by atoms with Crippen molar-refractivity contribution < 1.29 is 4.79 Å². The lowest BCUT2D eigenvalue weighted by atomic mass is 10.2. The summed E-state index contributed by atoms with van der Waals surface area (Å²) < 4.78 is 1.69. The first-order valence-electron chi connectivity index (χ1n) is 6.18. The highest BCUT2D eigenvalue weighted by Crippen LogP contribution is 2.11. The van der Waals surface area contributed by atoms with E-state index in [0.717, 1.165) is 31.7 Å². The summed E-state index contributed by atoms with van der Waals surface area (Å²) in [6.07, 6.45) is 0.859. The van der Waals surface area contributed by atoms with Crippen molar-refractivity contribution in [1.29, 1.82) is 0 Å². The Morgan fingerprint density at radius 2 is 2.41 bits per heavy atom. The Morgan fingerprint density at radius 1 is 1.65 bits per heavy atom. The first kappa shape index (κ1) is 12.1. The molecule has 0 bridgehead atoms. The highest BCUT2D eigenvalue weighted by atomic mass is 16.2. The van der Waals surface area contributed by atoms with Crippen LogP contribution >= 0.6 is 0 Å². The van der Waals surface area contributed by atoms with E-state index in [9.17, 15) is 4.79 Å². The fourth-order valence-electron chi connectivity index (χ4n) is 2.19. The Kier molecular flexibility index (Phi) is 3.47. The molecule has 2 rings (SSSR count).